The molecule has 2 aliphatic rings. The summed E-state index contributed by atoms with van der Waals surface area (Å²) < 4.78 is 15.8. The van der Waals surface area contributed by atoms with Crippen molar-refractivity contribution in [2.75, 3.05) is 13.2 Å². The van der Waals surface area contributed by atoms with Gasteiger partial charge in [-0.1, -0.05) is 13.8 Å². The van der Waals surface area contributed by atoms with Gasteiger partial charge in [0, 0.05) is 5.92 Å². The van der Waals surface area contributed by atoms with E-state index < -0.39 is 6.48 Å². The van der Waals surface area contributed by atoms with Gasteiger partial charge in [0.15, 0.2) is 0 Å². The summed E-state index contributed by atoms with van der Waals surface area (Å²) >= 11 is 0. The smallest absolute Gasteiger partial charge is 0.318 e. The summed E-state index contributed by atoms with van der Waals surface area (Å²) in [6, 6.07) is 0. The van der Waals surface area contributed by atoms with Gasteiger partial charge in [0.2, 0.25) is 0 Å². The molecule has 0 aromatic heterocycles. The van der Waals surface area contributed by atoms with Gasteiger partial charge in [-0.05, 0) is 31.6 Å². The fourth-order valence-corrected chi connectivity index (χ4v) is 2.34. The quantitative estimate of drug-likeness (QED) is 0.697. The van der Waals surface area contributed by atoms with E-state index in [1.807, 2.05) is 6.92 Å². The Labute approximate surface area is 103 Å². The van der Waals surface area contributed by atoms with Crippen LogP contribution in [0.3, 0.4) is 0 Å². The van der Waals surface area contributed by atoms with E-state index in [0.717, 1.165) is 31.6 Å². The van der Waals surface area contributed by atoms with Gasteiger partial charge in [-0.25, -0.2) is 0 Å². The van der Waals surface area contributed by atoms with Crippen molar-refractivity contribution in [1.29, 1.82) is 0 Å². The Morgan fingerprint density at radius 3 is 2.18 bits per heavy atom. The predicted octanol–water partition coefficient (Wildman–Crippen LogP) is 2.32. The van der Waals surface area contributed by atoms with Gasteiger partial charge in [-0.15, -0.1) is 0 Å². The molecule has 0 N–H and O–H groups in total. The Hall–Kier alpha value is -0.610. The highest BCUT2D eigenvalue weighted by Crippen LogP contribution is 2.29. The van der Waals surface area contributed by atoms with Crippen molar-refractivity contribution in [1.82, 2.24) is 0 Å². The topological polar surface area (TPSA) is 44.8 Å². The van der Waals surface area contributed by atoms with E-state index in [1.165, 1.54) is 0 Å². The third-order valence-electron chi connectivity index (χ3n) is 3.60. The Morgan fingerprint density at radius 2 is 1.59 bits per heavy atom. The summed E-state index contributed by atoms with van der Waals surface area (Å²) in [5.74, 6) is 0.997. The average Bonchev–Trinajstić information content (AvgIpc) is 2.33. The second-order valence-corrected chi connectivity index (χ2v) is 5.45. The van der Waals surface area contributed by atoms with E-state index in [9.17, 15) is 4.79 Å². The van der Waals surface area contributed by atoms with Gasteiger partial charge in [0.1, 0.15) is 0 Å². The molecule has 4 heteroatoms. The maximum Gasteiger partial charge on any atom is 0.318 e. The van der Waals surface area contributed by atoms with Crippen LogP contribution in [0.1, 0.15) is 39.5 Å². The van der Waals surface area contributed by atoms with Crippen LogP contribution in [0.4, 0.5) is 0 Å². The highest BCUT2D eigenvalue weighted by atomic mass is 16.9. The van der Waals surface area contributed by atoms with Gasteiger partial charge in [-0.2, -0.15) is 0 Å². The molecule has 0 unspecified atom stereocenters. The summed E-state index contributed by atoms with van der Waals surface area (Å²) in [6.07, 6.45) is 4.10. The van der Waals surface area contributed by atoms with E-state index in [0.29, 0.717) is 19.1 Å². The first-order valence-corrected chi connectivity index (χ1v) is 6.59. The van der Waals surface area contributed by atoms with E-state index >= 15 is 0 Å². The Bertz CT molecular complexity index is 250. The molecule has 0 atom stereocenters. The van der Waals surface area contributed by atoms with Crippen LogP contribution in [-0.4, -0.2) is 25.7 Å². The molecule has 2 rings (SSSR count). The third-order valence-corrected chi connectivity index (χ3v) is 3.60. The molecule has 1 saturated carbocycles. The Kier molecular flexibility index (Phi) is 4.40. The first-order chi connectivity index (χ1) is 8.15. The fraction of sp³-hybridized carbons (Fsp3) is 0.923. The number of hydrogen-bond donors (Lipinski definition) is 0. The van der Waals surface area contributed by atoms with Crippen LogP contribution < -0.4 is 0 Å². The lowest BCUT2D eigenvalue weighted by molar-refractivity contribution is -0.309. The van der Waals surface area contributed by atoms with Crippen LogP contribution >= 0.6 is 0 Å². The summed E-state index contributed by atoms with van der Waals surface area (Å²) in [7, 11) is 0. The largest absolute Gasteiger partial charge is 0.410 e. The number of hydrogen-bond acceptors (Lipinski definition) is 4. The molecule has 0 aromatic rings. The maximum atomic E-state index is 11.9. The van der Waals surface area contributed by atoms with Crippen molar-refractivity contribution in [2.24, 2.45) is 17.8 Å². The molecule has 0 bridgehead atoms. The van der Waals surface area contributed by atoms with E-state index in [1.54, 1.807) is 0 Å². The van der Waals surface area contributed by atoms with E-state index in [-0.39, 0.29) is 11.9 Å². The molecule has 0 spiro atoms. The monoisotopic (exact) mass is 242 g/mol. The van der Waals surface area contributed by atoms with E-state index in [4.69, 9.17) is 14.2 Å². The number of rotatable bonds is 2. The fourth-order valence-electron chi connectivity index (χ4n) is 2.34. The summed E-state index contributed by atoms with van der Waals surface area (Å²) in [6.45, 7) is 4.69. The van der Waals surface area contributed by atoms with Crippen LogP contribution in [0.15, 0.2) is 0 Å². The second-order valence-electron chi connectivity index (χ2n) is 5.45. The normalized spacial score (nSPS) is 38.7. The standard InChI is InChI=1S/C13H22O4/c1-9-3-5-11(6-4-9)12(14)17-13-15-7-10(2)8-16-13/h9-11,13H,3-8H2,1-2H3. The van der Waals surface area contributed by atoms with Crippen molar-refractivity contribution >= 4 is 5.97 Å². The molecule has 0 radical (unpaired) electrons. The Morgan fingerprint density at radius 1 is 1.00 bits per heavy atom. The lowest BCUT2D eigenvalue weighted by atomic mass is 9.83. The molecule has 1 aliphatic heterocycles. The van der Waals surface area contributed by atoms with Gasteiger partial charge < -0.3 is 14.2 Å². The minimum atomic E-state index is -0.780. The zero-order valence-corrected chi connectivity index (χ0v) is 10.7. The first-order valence-electron chi connectivity index (χ1n) is 6.59. The lowest BCUT2D eigenvalue weighted by Crippen LogP contribution is -2.36. The van der Waals surface area contributed by atoms with Crippen molar-refractivity contribution in [3.63, 3.8) is 0 Å². The molecule has 1 heterocycles. The maximum absolute atomic E-state index is 11.9. The number of carbonyl (C=O) groups excluding carboxylic acids is 1. The van der Waals surface area contributed by atoms with Crippen LogP contribution in [-0.2, 0) is 19.0 Å². The predicted molar refractivity (Wildman–Crippen MR) is 62.1 cm³/mol. The van der Waals surface area contributed by atoms with Gasteiger partial charge in [-0.3, -0.25) is 4.79 Å². The van der Waals surface area contributed by atoms with Gasteiger partial charge in [0.05, 0.1) is 19.1 Å². The Balaban J connectivity index is 1.73. The molecule has 1 aliphatic carbocycles. The molecular weight excluding hydrogens is 220 g/mol. The number of carbonyl (C=O) groups is 1. The summed E-state index contributed by atoms with van der Waals surface area (Å²) in [4.78, 5) is 11.9. The molecule has 2 fully saturated rings. The summed E-state index contributed by atoms with van der Waals surface area (Å²) in [5.41, 5.74) is 0. The SMILES string of the molecule is CC1CCC(C(=O)OC2OCC(C)CO2)CC1. The van der Waals surface area contributed by atoms with Crippen molar-refractivity contribution < 1.29 is 19.0 Å². The average molecular weight is 242 g/mol. The molecular formula is C13H22O4. The highest BCUT2D eigenvalue weighted by molar-refractivity contribution is 5.72. The second kappa shape index (κ2) is 5.83. The van der Waals surface area contributed by atoms with Crippen molar-refractivity contribution in [3.8, 4) is 0 Å². The number of ether oxygens (including phenoxy) is 3. The molecule has 98 valence electrons. The van der Waals surface area contributed by atoms with Crippen LogP contribution in [0.5, 0.6) is 0 Å². The summed E-state index contributed by atoms with van der Waals surface area (Å²) in [5, 5.41) is 0. The molecule has 0 amide bonds. The molecule has 0 aromatic carbocycles. The minimum absolute atomic E-state index is 0.0396. The lowest BCUT2D eigenvalue weighted by Gasteiger charge is -2.29. The van der Waals surface area contributed by atoms with Crippen LogP contribution in [0, 0.1) is 17.8 Å². The van der Waals surface area contributed by atoms with Gasteiger partial charge in [0.25, 0.3) is 0 Å². The zero-order valence-electron chi connectivity index (χ0n) is 10.7. The van der Waals surface area contributed by atoms with Crippen LogP contribution in [0.2, 0.25) is 0 Å². The molecule has 4 nitrogen and oxygen atoms in total. The third kappa shape index (κ3) is 3.68. The van der Waals surface area contributed by atoms with Gasteiger partial charge >= 0.3 is 12.4 Å². The zero-order chi connectivity index (χ0) is 12.3. The minimum Gasteiger partial charge on any atom is -0.410 e. The highest BCUT2D eigenvalue weighted by Gasteiger charge is 2.29. The molecule has 17 heavy (non-hydrogen) atoms. The van der Waals surface area contributed by atoms with Crippen LogP contribution in [0.25, 0.3) is 0 Å². The first kappa shape index (κ1) is 12.8. The molecule has 1 saturated heterocycles. The number of esters is 1. The van der Waals surface area contributed by atoms with Crippen molar-refractivity contribution in [2.45, 2.75) is 46.0 Å². The van der Waals surface area contributed by atoms with E-state index in [2.05, 4.69) is 6.92 Å². The van der Waals surface area contributed by atoms with Crippen molar-refractivity contribution in [3.05, 3.63) is 0 Å².